The number of rotatable bonds is 6. The third-order valence-electron chi connectivity index (χ3n) is 8.13. The summed E-state index contributed by atoms with van der Waals surface area (Å²) < 4.78 is 5.21. The van der Waals surface area contributed by atoms with Gasteiger partial charge in [0.25, 0.3) is 5.91 Å². The molecule has 2 aromatic carbocycles. The summed E-state index contributed by atoms with van der Waals surface area (Å²) >= 11 is 0. The van der Waals surface area contributed by atoms with Crippen LogP contribution in [0.2, 0.25) is 0 Å². The highest BCUT2D eigenvalue weighted by molar-refractivity contribution is 5.94. The lowest BCUT2D eigenvalue weighted by molar-refractivity contribution is -0.130. The lowest BCUT2D eigenvalue weighted by atomic mass is 9.87. The molecule has 6 heteroatoms. The van der Waals surface area contributed by atoms with E-state index in [4.69, 9.17) is 4.74 Å². The maximum Gasteiger partial charge on any atom is 0.253 e. The number of fused-ring (bicyclic) bond motifs is 1. The molecule has 0 bridgehead atoms. The molecular formula is C29H37N3O3. The minimum absolute atomic E-state index is 0.0491. The number of nitrogens with zero attached hydrogens (tertiary/aromatic N) is 2. The zero-order valence-electron chi connectivity index (χ0n) is 20.7. The van der Waals surface area contributed by atoms with Gasteiger partial charge in [0.2, 0.25) is 5.91 Å². The predicted octanol–water partition coefficient (Wildman–Crippen LogP) is 4.21. The highest BCUT2D eigenvalue weighted by atomic mass is 16.5. The number of benzene rings is 2. The van der Waals surface area contributed by atoms with Gasteiger partial charge in [0, 0.05) is 31.7 Å². The summed E-state index contributed by atoms with van der Waals surface area (Å²) in [5.74, 6) is 1.37. The summed E-state index contributed by atoms with van der Waals surface area (Å²) in [6.07, 6.45) is 7.85. The van der Waals surface area contributed by atoms with Crippen molar-refractivity contribution in [3.63, 3.8) is 0 Å². The van der Waals surface area contributed by atoms with Crippen molar-refractivity contribution in [3.05, 3.63) is 65.2 Å². The van der Waals surface area contributed by atoms with Crippen molar-refractivity contribution in [1.82, 2.24) is 15.1 Å². The molecule has 2 amide bonds. The molecule has 2 fully saturated rings. The zero-order valence-corrected chi connectivity index (χ0v) is 20.7. The van der Waals surface area contributed by atoms with Crippen LogP contribution < -0.4 is 10.1 Å². The van der Waals surface area contributed by atoms with Gasteiger partial charge in [-0.05, 0) is 73.4 Å². The maximum absolute atomic E-state index is 13.8. The van der Waals surface area contributed by atoms with E-state index >= 15 is 0 Å². The second-order valence-electron chi connectivity index (χ2n) is 10.2. The van der Waals surface area contributed by atoms with E-state index < -0.39 is 0 Å². The highest BCUT2D eigenvalue weighted by Gasteiger charge is 2.38. The summed E-state index contributed by atoms with van der Waals surface area (Å²) in [5.41, 5.74) is 3.33. The molecule has 5 rings (SSSR count). The quantitative estimate of drug-likeness (QED) is 0.680. The van der Waals surface area contributed by atoms with E-state index in [1.807, 2.05) is 29.2 Å². The number of methoxy groups -OCH3 is 1. The van der Waals surface area contributed by atoms with Gasteiger partial charge in [-0.25, -0.2) is 0 Å². The Morgan fingerprint density at radius 2 is 1.63 bits per heavy atom. The van der Waals surface area contributed by atoms with Gasteiger partial charge in [-0.3, -0.25) is 14.5 Å². The van der Waals surface area contributed by atoms with Gasteiger partial charge in [0.15, 0.2) is 0 Å². The second-order valence-corrected chi connectivity index (χ2v) is 10.2. The first-order chi connectivity index (χ1) is 17.1. The van der Waals surface area contributed by atoms with Gasteiger partial charge in [0.1, 0.15) is 5.75 Å². The summed E-state index contributed by atoms with van der Waals surface area (Å²) in [4.78, 5) is 31.1. The van der Waals surface area contributed by atoms with Gasteiger partial charge < -0.3 is 15.0 Å². The van der Waals surface area contributed by atoms with Crippen LogP contribution in [-0.4, -0.2) is 60.9 Å². The van der Waals surface area contributed by atoms with Crippen molar-refractivity contribution >= 4 is 11.8 Å². The predicted molar refractivity (Wildman–Crippen MR) is 136 cm³/mol. The lowest BCUT2D eigenvalue weighted by Gasteiger charge is -2.41. The highest BCUT2D eigenvalue weighted by Crippen LogP contribution is 2.33. The number of amides is 2. The molecule has 1 N–H and O–H groups in total. The summed E-state index contributed by atoms with van der Waals surface area (Å²) in [5, 5.41) is 3.45. The number of carbonyl (C=O) groups excluding carboxylic acids is 2. The lowest BCUT2D eigenvalue weighted by Crippen LogP contribution is -2.58. The minimum Gasteiger partial charge on any atom is -0.497 e. The Kier molecular flexibility index (Phi) is 7.37. The van der Waals surface area contributed by atoms with Gasteiger partial charge >= 0.3 is 0 Å². The molecule has 1 aliphatic heterocycles. The third-order valence-corrected chi connectivity index (χ3v) is 8.13. The number of ether oxygens (including phenoxy) is 1. The van der Waals surface area contributed by atoms with Crippen LogP contribution in [0.25, 0.3) is 0 Å². The average Bonchev–Trinajstić information content (AvgIpc) is 3.43. The largest absolute Gasteiger partial charge is 0.497 e. The van der Waals surface area contributed by atoms with Crippen molar-refractivity contribution in [2.75, 3.05) is 33.3 Å². The Morgan fingerprint density at radius 1 is 0.914 bits per heavy atom. The number of hydrogen-bond acceptors (Lipinski definition) is 4. The monoisotopic (exact) mass is 475 g/mol. The molecule has 35 heavy (non-hydrogen) atoms. The fourth-order valence-electron chi connectivity index (χ4n) is 6.23. The van der Waals surface area contributed by atoms with Crippen molar-refractivity contribution in [3.8, 4) is 5.75 Å². The SMILES string of the molecule is COc1ccc(C(=O)N2CCN([C@H](C(=O)N[C@H]3CCCc4ccccc43)C3CCCC3)CC2)cc1. The molecule has 1 heterocycles. The van der Waals surface area contributed by atoms with Gasteiger partial charge in [-0.15, -0.1) is 0 Å². The van der Waals surface area contributed by atoms with Crippen molar-refractivity contribution in [1.29, 1.82) is 0 Å². The van der Waals surface area contributed by atoms with Crippen LogP contribution in [0.5, 0.6) is 5.75 Å². The zero-order chi connectivity index (χ0) is 24.2. The summed E-state index contributed by atoms with van der Waals surface area (Å²) in [6.45, 7) is 2.76. The van der Waals surface area contributed by atoms with Crippen LogP contribution in [0.15, 0.2) is 48.5 Å². The minimum atomic E-state index is -0.107. The topological polar surface area (TPSA) is 61.9 Å². The number of carbonyl (C=O) groups is 2. The van der Waals surface area contributed by atoms with Crippen molar-refractivity contribution in [2.24, 2.45) is 5.92 Å². The molecule has 0 unspecified atom stereocenters. The molecule has 0 spiro atoms. The van der Waals surface area contributed by atoms with Gasteiger partial charge in [-0.1, -0.05) is 37.1 Å². The van der Waals surface area contributed by atoms with E-state index in [1.54, 1.807) is 7.11 Å². The van der Waals surface area contributed by atoms with Gasteiger partial charge in [0.05, 0.1) is 19.2 Å². The first-order valence-electron chi connectivity index (χ1n) is 13.2. The molecule has 2 atom stereocenters. The molecule has 1 saturated heterocycles. The maximum atomic E-state index is 13.8. The standard InChI is InChI=1S/C29H37N3O3/c1-35-24-15-13-23(14-16-24)29(34)32-19-17-31(18-20-32)27(22-8-2-3-9-22)28(33)30-26-12-6-10-21-7-4-5-11-25(21)26/h4-5,7,11,13-16,22,26-27H,2-3,6,8-10,12,17-20H2,1H3,(H,30,33)/t26-,27-/m0/s1. The first kappa shape index (κ1) is 23.9. The average molecular weight is 476 g/mol. The van der Waals surface area contributed by atoms with Crippen LogP contribution >= 0.6 is 0 Å². The normalized spacial score (nSPS) is 21.9. The molecule has 186 valence electrons. The fraction of sp³-hybridized carbons (Fsp3) is 0.517. The third kappa shape index (κ3) is 5.22. The second kappa shape index (κ2) is 10.8. The molecule has 2 aliphatic carbocycles. The summed E-state index contributed by atoms with van der Waals surface area (Å²) in [7, 11) is 1.62. The molecule has 6 nitrogen and oxygen atoms in total. The Labute approximate surface area is 208 Å². The van der Waals surface area contributed by atoms with Crippen LogP contribution in [0, 0.1) is 5.92 Å². The first-order valence-corrected chi connectivity index (χ1v) is 13.2. The Balaban J connectivity index is 1.25. The van der Waals surface area contributed by atoms with Crippen LogP contribution in [0.1, 0.15) is 66.1 Å². The molecule has 0 aromatic heterocycles. The number of nitrogens with one attached hydrogen (secondary N) is 1. The number of aryl methyl sites for hydroxylation is 1. The van der Waals surface area contributed by atoms with E-state index in [2.05, 4.69) is 34.5 Å². The molecule has 1 saturated carbocycles. The Morgan fingerprint density at radius 3 is 2.34 bits per heavy atom. The van der Waals surface area contributed by atoms with E-state index in [9.17, 15) is 9.59 Å². The molecule has 2 aromatic rings. The summed E-state index contributed by atoms with van der Waals surface area (Å²) in [6, 6.07) is 15.8. The number of piperazine rings is 1. The Hall–Kier alpha value is -2.86. The van der Waals surface area contributed by atoms with Crippen LogP contribution in [-0.2, 0) is 11.2 Å². The van der Waals surface area contributed by atoms with Crippen LogP contribution in [0.4, 0.5) is 0 Å². The number of hydrogen-bond donors (Lipinski definition) is 1. The molecular weight excluding hydrogens is 438 g/mol. The molecule has 0 radical (unpaired) electrons. The van der Waals surface area contributed by atoms with E-state index in [0.29, 0.717) is 24.6 Å². The Bertz CT molecular complexity index is 1020. The van der Waals surface area contributed by atoms with E-state index in [0.717, 1.165) is 50.9 Å². The van der Waals surface area contributed by atoms with Crippen LogP contribution in [0.3, 0.4) is 0 Å². The van der Waals surface area contributed by atoms with E-state index in [-0.39, 0.29) is 23.9 Å². The molecule has 3 aliphatic rings. The fourth-order valence-corrected chi connectivity index (χ4v) is 6.23. The van der Waals surface area contributed by atoms with E-state index in [1.165, 1.54) is 24.0 Å². The smallest absolute Gasteiger partial charge is 0.253 e. The van der Waals surface area contributed by atoms with Crippen molar-refractivity contribution in [2.45, 2.75) is 57.0 Å². The van der Waals surface area contributed by atoms with Crippen molar-refractivity contribution < 1.29 is 14.3 Å². The van der Waals surface area contributed by atoms with Gasteiger partial charge in [-0.2, -0.15) is 0 Å².